The maximum Gasteiger partial charge on any atom is 0.156 e. The summed E-state index contributed by atoms with van der Waals surface area (Å²) in [5, 5.41) is -0.587. The zero-order valence-corrected chi connectivity index (χ0v) is 11.0. The monoisotopic (exact) mass is 292 g/mol. The third-order valence-electron chi connectivity index (χ3n) is 2.08. The molecule has 0 amide bonds. The Labute approximate surface area is 98.5 Å². The molecule has 1 atom stereocenters. The van der Waals surface area contributed by atoms with Crippen LogP contribution in [0.15, 0.2) is 28.7 Å². The number of ether oxygens (including phenoxy) is 1. The first-order valence-electron chi connectivity index (χ1n) is 4.38. The third kappa shape index (κ3) is 3.59. The molecule has 3 nitrogen and oxygen atoms in total. The van der Waals surface area contributed by atoms with E-state index in [1.165, 1.54) is 13.4 Å². The summed E-state index contributed by atoms with van der Waals surface area (Å²) in [7, 11) is -1.64. The Kier molecular flexibility index (Phi) is 4.31. The molecule has 0 aliphatic carbocycles. The molecular weight excluding hydrogens is 280 g/mol. The number of hydrogen-bond donors (Lipinski definition) is 0. The first-order chi connectivity index (χ1) is 6.95. The van der Waals surface area contributed by atoms with Gasteiger partial charge in [0.2, 0.25) is 0 Å². The van der Waals surface area contributed by atoms with E-state index in [4.69, 9.17) is 4.74 Å². The van der Waals surface area contributed by atoms with E-state index in [-0.39, 0.29) is 6.61 Å². The van der Waals surface area contributed by atoms with Gasteiger partial charge in [-0.25, -0.2) is 8.42 Å². The van der Waals surface area contributed by atoms with E-state index >= 15 is 0 Å². The van der Waals surface area contributed by atoms with E-state index in [1.54, 1.807) is 12.1 Å². The van der Waals surface area contributed by atoms with Crippen molar-refractivity contribution in [2.75, 3.05) is 20.0 Å². The Morgan fingerprint density at radius 2 is 1.87 bits per heavy atom. The topological polar surface area (TPSA) is 43.4 Å². The maximum absolute atomic E-state index is 11.5. The van der Waals surface area contributed by atoms with Crippen LogP contribution in [0, 0.1) is 0 Å². The number of sulfone groups is 1. The Balaban J connectivity index is 3.05. The van der Waals surface area contributed by atoms with Crippen LogP contribution in [0.4, 0.5) is 0 Å². The van der Waals surface area contributed by atoms with Gasteiger partial charge in [0.1, 0.15) is 5.25 Å². The molecular formula is C10H13BrO3S. The molecule has 15 heavy (non-hydrogen) atoms. The molecule has 0 aliphatic heterocycles. The fourth-order valence-electron chi connectivity index (χ4n) is 1.30. The van der Waals surface area contributed by atoms with E-state index in [9.17, 15) is 8.42 Å². The third-order valence-corrected chi connectivity index (χ3v) is 4.05. The fraction of sp³-hybridized carbons (Fsp3) is 0.400. The van der Waals surface area contributed by atoms with Crippen molar-refractivity contribution in [2.45, 2.75) is 5.25 Å². The van der Waals surface area contributed by atoms with Gasteiger partial charge >= 0.3 is 0 Å². The number of hydrogen-bond acceptors (Lipinski definition) is 3. The molecule has 0 N–H and O–H groups in total. The van der Waals surface area contributed by atoms with E-state index in [0.717, 1.165) is 10.0 Å². The van der Waals surface area contributed by atoms with Crippen molar-refractivity contribution in [1.29, 1.82) is 0 Å². The Morgan fingerprint density at radius 3 is 2.27 bits per heavy atom. The highest BCUT2D eigenvalue weighted by atomic mass is 79.9. The maximum atomic E-state index is 11.5. The Morgan fingerprint density at radius 1 is 1.33 bits per heavy atom. The van der Waals surface area contributed by atoms with Crippen molar-refractivity contribution in [2.24, 2.45) is 0 Å². The summed E-state index contributed by atoms with van der Waals surface area (Å²) in [6, 6.07) is 7.22. The molecule has 1 aromatic carbocycles. The van der Waals surface area contributed by atoms with Crippen LogP contribution in [0.25, 0.3) is 0 Å². The average molecular weight is 293 g/mol. The fourth-order valence-corrected chi connectivity index (χ4v) is 2.59. The van der Waals surface area contributed by atoms with Crippen LogP contribution >= 0.6 is 15.9 Å². The zero-order chi connectivity index (χ0) is 11.5. The predicted octanol–water partition coefficient (Wildman–Crippen LogP) is 2.18. The molecule has 84 valence electrons. The van der Waals surface area contributed by atoms with Gasteiger partial charge in [0, 0.05) is 17.8 Å². The lowest BCUT2D eigenvalue weighted by Crippen LogP contribution is -2.16. The number of benzene rings is 1. The summed E-state index contributed by atoms with van der Waals surface area (Å²) >= 11 is 3.30. The lowest BCUT2D eigenvalue weighted by Gasteiger charge is -2.14. The molecule has 0 aliphatic rings. The van der Waals surface area contributed by atoms with Crippen LogP contribution in [0.5, 0.6) is 0 Å². The highest BCUT2D eigenvalue weighted by Gasteiger charge is 2.22. The molecule has 0 bridgehead atoms. The largest absolute Gasteiger partial charge is 0.383 e. The van der Waals surface area contributed by atoms with Gasteiger partial charge in [0.05, 0.1) is 6.61 Å². The molecule has 0 saturated carbocycles. The first kappa shape index (κ1) is 12.7. The Bertz CT molecular complexity index is 411. The van der Waals surface area contributed by atoms with Gasteiger partial charge in [-0.2, -0.15) is 0 Å². The second-order valence-electron chi connectivity index (χ2n) is 3.33. The first-order valence-corrected chi connectivity index (χ1v) is 7.13. The lowest BCUT2D eigenvalue weighted by atomic mass is 10.1. The number of rotatable bonds is 4. The number of halogens is 1. The highest BCUT2D eigenvalue weighted by Crippen LogP contribution is 2.23. The quantitative estimate of drug-likeness (QED) is 0.854. The van der Waals surface area contributed by atoms with Crippen LogP contribution in [0.2, 0.25) is 0 Å². The van der Waals surface area contributed by atoms with Crippen molar-refractivity contribution in [3.05, 3.63) is 34.3 Å². The van der Waals surface area contributed by atoms with Crippen LogP contribution < -0.4 is 0 Å². The van der Waals surface area contributed by atoms with Gasteiger partial charge < -0.3 is 4.74 Å². The molecule has 5 heteroatoms. The minimum absolute atomic E-state index is 0.181. The molecule has 0 radical (unpaired) electrons. The second kappa shape index (κ2) is 5.09. The lowest BCUT2D eigenvalue weighted by molar-refractivity contribution is 0.197. The van der Waals surface area contributed by atoms with Crippen molar-refractivity contribution in [3.63, 3.8) is 0 Å². The standard InChI is InChI=1S/C10H13BrO3S/c1-14-7-10(15(2,12)13)8-3-5-9(11)6-4-8/h3-6,10H,7H2,1-2H3/t10-/m1/s1. The van der Waals surface area contributed by atoms with Gasteiger partial charge in [-0.05, 0) is 17.7 Å². The summed E-state index contributed by atoms with van der Waals surface area (Å²) in [4.78, 5) is 0. The normalized spacial score (nSPS) is 13.8. The minimum atomic E-state index is -3.13. The van der Waals surface area contributed by atoms with Gasteiger partial charge in [-0.1, -0.05) is 28.1 Å². The molecule has 0 saturated heterocycles. The van der Waals surface area contributed by atoms with Gasteiger partial charge in [0.15, 0.2) is 9.84 Å². The summed E-state index contributed by atoms with van der Waals surface area (Å²) in [6.45, 7) is 0.181. The second-order valence-corrected chi connectivity index (χ2v) is 6.47. The van der Waals surface area contributed by atoms with Gasteiger partial charge in [-0.15, -0.1) is 0 Å². The molecule has 0 heterocycles. The van der Waals surface area contributed by atoms with Crippen molar-refractivity contribution in [3.8, 4) is 0 Å². The zero-order valence-electron chi connectivity index (χ0n) is 8.60. The minimum Gasteiger partial charge on any atom is -0.383 e. The Hall–Kier alpha value is -0.390. The van der Waals surface area contributed by atoms with Gasteiger partial charge in [0.25, 0.3) is 0 Å². The van der Waals surface area contributed by atoms with Crippen molar-refractivity contribution in [1.82, 2.24) is 0 Å². The van der Waals surface area contributed by atoms with Crippen LogP contribution in [-0.2, 0) is 14.6 Å². The molecule has 0 fully saturated rings. The van der Waals surface area contributed by atoms with Crippen LogP contribution in [0.3, 0.4) is 0 Å². The summed E-state index contributed by atoms with van der Waals surface area (Å²) in [5.74, 6) is 0. The van der Waals surface area contributed by atoms with Crippen molar-refractivity contribution < 1.29 is 13.2 Å². The van der Waals surface area contributed by atoms with E-state index < -0.39 is 15.1 Å². The number of methoxy groups -OCH3 is 1. The summed E-state index contributed by atoms with van der Waals surface area (Å²) in [6.07, 6.45) is 1.22. The molecule has 0 spiro atoms. The van der Waals surface area contributed by atoms with Crippen LogP contribution in [0.1, 0.15) is 10.8 Å². The van der Waals surface area contributed by atoms with Crippen LogP contribution in [-0.4, -0.2) is 28.4 Å². The molecule has 0 unspecified atom stereocenters. The van der Waals surface area contributed by atoms with E-state index in [0.29, 0.717) is 0 Å². The van der Waals surface area contributed by atoms with E-state index in [2.05, 4.69) is 15.9 Å². The average Bonchev–Trinajstić information content (AvgIpc) is 2.14. The van der Waals surface area contributed by atoms with Gasteiger partial charge in [-0.3, -0.25) is 0 Å². The molecule has 0 aromatic heterocycles. The smallest absolute Gasteiger partial charge is 0.156 e. The SMILES string of the molecule is COC[C@H](c1ccc(Br)cc1)S(C)(=O)=O. The van der Waals surface area contributed by atoms with Crippen molar-refractivity contribution >= 4 is 25.8 Å². The molecule has 1 aromatic rings. The van der Waals surface area contributed by atoms with E-state index in [1.807, 2.05) is 12.1 Å². The summed E-state index contributed by atoms with van der Waals surface area (Å²) < 4.78 is 28.9. The molecule has 1 rings (SSSR count). The predicted molar refractivity (Wildman–Crippen MR) is 63.6 cm³/mol. The summed E-state index contributed by atoms with van der Waals surface area (Å²) in [5.41, 5.74) is 0.752. The highest BCUT2D eigenvalue weighted by molar-refractivity contribution is 9.10.